The van der Waals surface area contributed by atoms with E-state index in [1.807, 2.05) is 74.5 Å². The Bertz CT molecular complexity index is 697. The number of carbonyl (C=O) groups excluding carboxylic acids is 2. The van der Waals surface area contributed by atoms with Gasteiger partial charge in [-0.3, -0.25) is 0 Å². The zero-order chi connectivity index (χ0) is 21.6. The fourth-order valence-corrected chi connectivity index (χ4v) is 4.89. The molecule has 0 aromatic heterocycles. The number of hydrogen-bond donors (Lipinski definition) is 2. The molecule has 2 amide bonds. The zero-order valence-corrected chi connectivity index (χ0v) is 18.8. The van der Waals surface area contributed by atoms with E-state index < -0.39 is 12.2 Å². The summed E-state index contributed by atoms with van der Waals surface area (Å²) in [4.78, 5) is 23.7. The van der Waals surface area contributed by atoms with E-state index in [4.69, 9.17) is 9.47 Å². The van der Waals surface area contributed by atoms with Gasteiger partial charge in [-0.15, -0.1) is 0 Å². The number of rotatable bonds is 11. The van der Waals surface area contributed by atoms with Crippen LogP contribution in [-0.4, -0.2) is 35.8 Å². The van der Waals surface area contributed by atoms with E-state index in [1.165, 1.54) is 0 Å². The smallest absolute Gasteiger partial charge is 0.407 e. The first kappa shape index (κ1) is 24.0. The van der Waals surface area contributed by atoms with Gasteiger partial charge in [0.25, 0.3) is 0 Å². The van der Waals surface area contributed by atoms with Gasteiger partial charge in [0.2, 0.25) is 0 Å². The molecule has 0 aliphatic rings. The Morgan fingerprint density at radius 1 is 0.733 bits per heavy atom. The zero-order valence-electron chi connectivity index (χ0n) is 17.2. The van der Waals surface area contributed by atoms with Gasteiger partial charge in [0.15, 0.2) is 0 Å². The molecule has 2 aromatic rings. The van der Waals surface area contributed by atoms with Crippen molar-refractivity contribution in [2.24, 2.45) is 0 Å². The molecule has 0 aliphatic heterocycles. The van der Waals surface area contributed by atoms with Crippen LogP contribution in [0.1, 0.15) is 25.0 Å². The molecule has 0 saturated carbocycles. The van der Waals surface area contributed by atoms with Gasteiger partial charge in [-0.25, -0.2) is 9.59 Å². The summed E-state index contributed by atoms with van der Waals surface area (Å²) < 4.78 is 10.4. The molecule has 2 N–H and O–H groups in total. The van der Waals surface area contributed by atoms with Crippen molar-refractivity contribution in [2.45, 2.75) is 39.1 Å². The number of hydrogen-bond acceptors (Lipinski definition) is 6. The molecule has 0 radical (unpaired) electrons. The Labute approximate surface area is 185 Å². The van der Waals surface area contributed by atoms with Crippen molar-refractivity contribution in [1.82, 2.24) is 10.6 Å². The molecule has 0 saturated heterocycles. The van der Waals surface area contributed by atoms with Gasteiger partial charge in [0.1, 0.15) is 13.2 Å². The van der Waals surface area contributed by atoms with Gasteiger partial charge in [-0.2, -0.15) is 0 Å². The SMILES string of the molecule is CC(CSSCC(C)NC(=O)OCc1ccccc1)NC(=O)OCc1ccccc1. The minimum absolute atomic E-state index is 0.0233. The molecule has 162 valence electrons. The van der Waals surface area contributed by atoms with Crippen LogP contribution in [0, 0.1) is 0 Å². The third kappa shape index (κ3) is 10.5. The normalized spacial score (nSPS) is 12.5. The Morgan fingerprint density at radius 2 is 1.10 bits per heavy atom. The van der Waals surface area contributed by atoms with Gasteiger partial charge in [0, 0.05) is 23.6 Å². The van der Waals surface area contributed by atoms with Crippen molar-refractivity contribution in [1.29, 1.82) is 0 Å². The summed E-state index contributed by atoms with van der Waals surface area (Å²) in [6.07, 6.45) is -0.846. The first-order valence-electron chi connectivity index (χ1n) is 9.71. The molecule has 2 atom stereocenters. The number of ether oxygens (including phenoxy) is 2. The van der Waals surface area contributed by atoms with Crippen LogP contribution in [0.4, 0.5) is 9.59 Å². The van der Waals surface area contributed by atoms with Crippen molar-refractivity contribution in [3.63, 3.8) is 0 Å². The molecule has 0 heterocycles. The topological polar surface area (TPSA) is 76.7 Å². The molecule has 2 unspecified atom stereocenters. The molecule has 0 aliphatic carbocycles. The predicted octanol–water partition coefficient (Wildman–Crippen LogP) is 5.00. The van der Waals surface area contributed by atoms with Gasteiger partial charge in [-0.05, 0) is 25.0 Å². The van der Waals surface area contributed by atoms with Crippen LogP contribution in [0.5, 0.6) is 0 Å². The van der Waals surface area contributed by atoms with Crippen LogP contribution in [0.3, 0.4) is 0 Å². The predicted molar refractivity (Wildman–Crippen MR) is 123 cm³/mol. The second kappa shape index (κ2) is 13.8. The summed E-state index contributed by atoms with van der Waals surface area (Å²) in [6, 6.07) is 19.1. The molecule has 2 rings (SSSR count). The van der Waals surface area contributed by atoms with Gasteiger partial charge < -0.3 is 20.1 Å². The van der Waals surface area contributed by atoms with Crippen LogP contribution in [0.25, 0.3) is 0 Å². The van der Waals surface area contributed by atoms with E-state index in [0.717, 1.165) is 22.6 Å². The van der Waals surface area contributed by atoms with Crippen LogP contribution in [0.15, 0.2) is 60.7 Å². The fraction of sp³-hybridized carbons (Fsp3) is 0.364. The summed E-state index contributed by atoms with van der Waals surface area (Å²) >= 11 is 0. The fourth-order valence-electron chi connectivity index (χ4n) is 2.32. The summed E-state index contributed by atoms with van der Waals surface area (Å²) in [7, 11) is 3.28. The lowest BCUT2D eigenvalue weighted by Gasteiger charge is -2.15. The second-order valence-corrected chi connectivity index (χ2v) is 9.34. The van der Waals surface area contributed by atoms with E-state index in [0.29, 0.717) is 0 Å². The average Bonchev–Trinajstić information content (AvgIpc) is 2.75. The number of alkyl carbamates (subject to hydrolysis) is 2. The molecule has 30 heavy (non-hydrogen) atoms. The molecule has 0 fully saturated rings. The maximum atomic E-state index is 11.8. The Hall–Kier alpha value is -2.32. The Morgan fingerprint density at radius 3 is 1.47 bits per heavy atom. The van der Waals surface area contributed by atoms with Crippen molar-refractivity contribution in [3.8, 4) is 0 Å². The Balaban J connectivity index is 1.51. The third-order valence-corrected chi connectivity index (χ3v) is 6.63. The van der Waals surface area contributed by atoms with Gasteiger partial charge in [-0.1, -0.05) is 82.3 Å². The van der Waals surface area contributed by atoms with E-state index in [-0.39, 0.29) is 25.3 Å². The molecule has 0 bridgehead atoms. The van der Waals surface area contributed by atoms with Crippen LogP contribution < -0.4 is 10.6 Å². The lowest BCUT2D eigenvalue weighted by atomic mass is 10.2. The number of amides is 2. The quantitative estimate of drug-likeness (QED) is 0.372. The molecular formula is C22H28N2O4S2. The highest BCUT2D eigenvalue weighted by Crippen LogP contribution is 2.22. The van der Waals surface area contributed by atoms with E-state index >= 15 is 0 Å². The van der Waals surface area contributed by atoms with Crippen LogP contribution in [0.2, 0.25) is 0 Å². The highest BCUT2D eigenvalue weighted by Gasteiger charge is 2.11. The highest BCUT2D eigenvalue weighted by atomic mass is 33.1. The van der Waals surface area contributed by atoms with Crippen molar-refractivity contribution in [2.75, 3.05) is 11.5 Å². The minimum atomic E-state index is -0.423. The van der Waals surface area contributed by atoms with E-state index in [1.54, 1.807) is 21.6 Å². The van der Waals surface area contributed by atoms with E-state index in [2.05, 4.69) is 10.6 Å². The largest absolute Gasteiger partial charge is 0.445 e. The number of benzene rings is 2. The molecule has 2 aromatic carbocycles. The second-order valence-electron chi connectivity index (χ2n) is 6.78. The first-order valence-corrected chi connectivity index (χ1v) is 12.2. The maximum absolute atomic E-state index is 11.8. The highest BCUT2D eigenvalue weighted by molar-refractivity contribution is 8.76. The van der Waals surface area contributed by atoms with E-state index in [9.17, 15) is 9.59 Å². The first-order chi connectivity index (χ1) is 14.5. The number of carbonyl (C=O) groups is 2. The summed E-state index contributed by atoms with van der Waals surface area (Å²) in [6.45, 7) is 4.37. The third-order valence-electron chi connectivity index (χ3n) is 3.87. The summed E-state index contributed by atoms with van der Waals surface area (Å²) in [5.74, 6) is 1.46. The minimum Gasteiger partial charge on any atom is -0.445 e. The number of nitrogens with one attached hydrogen (secondary N) is 2. The average molecular weight is 449 g/mol. The van der Waals surface area contributed by atoms with Crippen molar-refractivity contribution < 1.29 is 19.1 Å². The standard InChI is InChI=1S/C22H28N2O4S2/c1-17(23-21(25)27-13-19-9-5-3-6-10-19)15-29-30-16-18(2)24-22(26)28-14-20-11-7-4-8-12-20/h3-12,17-18H,13-16H2,1-2H3,(H,23,25)(H,24,26). The van der Waals surface area contributed by atoms with Gasteiger partial charge >= 0.3 is 12.2 Å². The van der Waals surface area contributed by atoms with Crippen molar-refractivity contribution >= 4 is 33.8 Å². The molecule has 8 heteroatoms. The lowest BCUT2D eigenvalue weighted by Crippen LogP contribution is -2.35. The van der Waals surface area contributed by atoms with Crippen molar-refractivity contribution in [3.05, 3.63) is 71.8 Å². The molecular weight excluding hydrogens is 420 g/mol. The van der Waals surface area contributed by atoms with Crippen LogP contribution >= 0.6 is 21.6 Å². The monoisotopic (exact) mass is 448 g/mol. The molecule has 0 spiro atoms. The Kier molecular flexibility index (Phi) is 11.0. The maximum Gasteiger partial charge on any atom is 0.407 e. The summed E-state index contributed by atoms with van der Waals surface area (Å²) in [5, 5.41) is 5.64. The van der Waals surface area contributed by atoms with Crippen LogP contribution in [-0.2, 0) is 22.7 Å². The van der Waals surface area contributed by atoms with Gasteiger partial charge in [0.05, 0.1) is 0 Å². The molecule has 6 nitrogen and oxygen atoms in total. The summed E-state index contributed by atoms with van der Waals surface area (Å²) in [5.41, 5.74) is 1.91. The lowest BCUT2D eigenvalue weighted by molar-refractivity contribution is 0.136.